The summed E-state index contributed by atoms with van der Waals surface area (Å²) in [5, 5.41) is 2.13. The fourth-order valence-corrected chi connectivity index (χ4v) is 1.87. The first-order chi connectivity index (χ1) is 10.6. The number of anilines is 1. The van der Waals surface area contributed by atoms with Crippen LogP contribution in [0.15, 0.2) is 24.3 Å². The van der Waals surface area contributed by atoms with Crippen molar-refractivity contribution in [3.05, 3.63) is 24.3 Å². The second-order valence-electron chi connectivity index (χ2n) is 4.49. The van der Waals surface area contributed by atoms with Crippen LogP contribution in [-0.4, -0.2) is 35.1 Å². The molecule has 0 spiro atoms. The van der Waals surface area contributed by atoms with E-state index in [1.807, 2.05) is 0 Å². The first kappa shape index (κ1) is 15.5. The van der Waals surface area contributed by atoms with Crippen LogP contribution in [0.2, 0.25) is 0 Å². The van der Waals surface area contributed by atoms with Crippen LogP contribution in [0.3, 0.4) is 0 Å². The van der Waals surface area contributed by atoms with Gasteiger partial charge in [-0.2, -0.15) is 4.90 Å². The predicted octanol–water partition coefficient (Wildman–Crippen LogP) is 2.17. The number of hydrogen-bond acceptors (Lipinski definition) is 5. The molecule has 0 aliphatic carbocycles. The summed E-state index contributed by atoms with van der Waals surface area (Å²) in [7, 11) is 1.14. The molecule has 0 fully saturated rings. The molecule has 0 radical (unpaired) electrons. The lowest BCUT2D eigenvalue weighted by atomic mass is 10.3. The summed E-state index contributed by atoms with van der Waals surface area (Å²) in [6.45, 7) is 1.81. The molecule has 2 aromatic rings. The number of H-pyrrole nitrogens is 1. The third kappa shape index (κ3) is 3.22. The summed E-state index contributed by atoms with van der Waals surface area (Å²) < 4.78 is 4.58. The molecule has 2 rings (SSSR count). The number of nitrogens with zero attached hydrogens (tertiary/aromatic N) is 2. The Morgan fingerprint density at radius 2 is 2.05 bits per heavy atom. The third-order valence-corrected chi connectivity index (χ3v) is 2.87. The highest BCUT2D eigenvalue weighted by atomic mass is 16.5. The number of para-hydroxylation sites is 2. The molecule has 0 bridgehead atoms. The molecule has 0 saturated heterocycles. The van der Waals surface area contributed by atoms with Crippen molar-refractivity contribution < 1.29 is 19.1 Å². The van der Waals surface area contributed by atoms with Crippen LogP contribution < -0.4 is 10.2 Å². The molecule has 0 aliphatic heterocycles. The van der Waals surface area contributed by atoms with Gasteiger partial charge in [-0.25, -0.2) is 14.6 Å². The molecule has 1 heterocycles. The van der Waals surface area contributed by atoms with Gasteiger partial charge >= 0.3 is 12.1 Å². The highest BCUT2D eigenvalue weighted by Crippen LogP contribution is 2.17. The summed E-state index contributed by atoms with van der Waals surface area (Å²) in [5.74, 6) is -0.493. The van der Waals surface area contributed by atoms with Crippen molar-refractivity contribution in [2.75, 3.05) is 12.0 Å². The summed E-state index contributed by atoms with van der Waals surface area (Å²) in [5.41, 5.74) is 1.23. The Labute approximate surface area is 126 Å². The Bertz CT molecular complexity index is 677. The molecule has 8 heteroatoms. The van der Waals surface area contributed by atoms with Crippen LogP contribution in [0.4, 0.5) is 15.5 Å². The number of urea groups is 1. The van der Waals surface area contributed by atoms with Gasteiger partial charge in [0.2, 0.25) is 11.9 Å². The molecule has 8 nitrogen and oxygen atoms in total. The van der Waals surface area contributed by atoms with Gasteiger partial charge in [0.25, 0.3) is 0 Å². The molecular weight excluding hydrogens is 288 g/mol. The smallest absolute Gasteiger partial charge is 0.424 e. The van der Waals surface area contributed by atoms with Gasteiger partial charge in [0.05, 0.1) is 18.1 Å². The first-order valence-electron chi connectivity index (χ1n) is 6.73. The van der Waals surface area contributed by atoms with Gasteiger partial charge in [0.1, 0.15) is 0 Å². The van der Waals surface area contributed by atoms with Crippen LogP contribution in [0.25, 0.3) is 11.0 Å². The Morgan fingerprint density at radius 1 is 1.32 bits per heavy atom. The lowest BCUT2D eigenvalue weighted by molar-refractivity contribution is -0.119. The van der Waals surface area contributed by atoms with Crippen LogP contribution in [0.5, 0.6) is 0 Å². The molecule has 0 unspecified atom stereocenters. The van der Waals surface area contributed by atoms with Gasteiger partial charge in [-0.1, -0.05) is 19.1 Å². The molecule has 116 valence electrons. The predicted molar refractivity (Wildman–Crippen MR) is 79.4 cm³/mol. The van der Waals surface area contributed by atoms with E-state index in [1.54, 1.807) is 31.2 Å². The van der Waals surface area contributed by atoms with Gasteiger partial charge in [0.15, 0.2) is 0 Å². The van der Waals surface area contributed by atoms with E-state index in [4.69, 9.17) is 0 Å². The van der Waals surface area contributed by atoms with Gasteiger partial charge in [-0.05, 0) is 18.6 Å². The topological polar surface area (TPSA) is 104 Å². The second-order valence-corrected chi connectivity index (χ2v) is 4.49. The lowest BCUT2D eigenvalue weighted by Gasteiger charge is -2.16. The van der Waals surface area contributed by atoms with E-state index in [2.05, 4.69) is 20.0 Å². The largest absolute Gasteiger partial charge is 0.452 e. The van der Waals surface area contributed by atoms with E-state index in [-0.39, 0.29) is 12.4 Å². The molecule has 1 aromatic heterocycles. The molecule has 4 amide bonds. The van der Waals surface area contributed by atoms with Gasteiger partial charge < -0.3 is 9.72 Å². The third-order valence-electron chi connectivity index (χ3n) is 2.87. The number of aromatic amines is 1. The number of carbonyl (C=O) groups is 3. The Hall–Kier alpha value is -2.90. The number of ether oxygens (including phenoxy) is 1. The van der Waals surface area contributed by atoms with E-state index < -0.39 is 18.0 Å². The second kappa shape index (κ2) is 6.70. The lowest BCUT2D eigenvalue weighted by Crippen LogP contribution is -2.46. The molecule has 22 heavy (non-hydrogen) atoms. The van der Waals surface area contributed by atoms with Crippen molar-refractivity contribution in [2.45, 2.75) is 19.8 Å². The van der Waals surface area contributed by atoms with Crippen molar-refractivity contribution in [1.82, 2.24) is 15.3 Å². The Kier molecular flexibility index (Phi) is 4.72. The SMILES string of the molecule is CCCC(=O)NC(=O)N(C(=O)OC)c1nc2ccccc2[nH]1. The number of rotatable bonds is 3. The molecule has 2 N–H and O–H groups in total. The first-order valence-corrected chi connectivity index (χ1v) is 6.73. The zero-order chi connectivity index (χ0) is 16.1. The number of aromatic nitrogens is 2. The minimum absolute atomic E-state index is 0.0187. The highest BCUT2D eigenvalue weighted by Gasteiger charge is 2.28. The molecule has 0 saturated carbocycles. The number of imide groups is 2. The number of benzene rings is 1. The van der Waals surface area contributed by atoms with Crippen molar-refractivity contribution >= 4 is 35.0 Å². The number of nitrogens with one attached hydrogen (secondary N) is 2. The normalized spacial score (nSPS) is 10.3. The average molecular weight is 304 g/mol. The zero-order valence-corrected chi connectivity index (χ0v) is 12.3. The fraction of sp³-hybridized carbons (Fsp3) is 0.286. The van der Waals surface area contributed by atoms with E-state index in [0.29, 0.717) is 22.4 Å². The van der Waals surface area contributed by atoms with Crippen LogP contribution in [0, 0.1) is 0 Å². The van der Waals surface area contributed by atoms with Gasteiger partial charge in [-0.15, -0.1) is 0 Å². The monoisotopic (exact) mass is 304 g/mol. The van der Waals surface area contributed by atoms with E-state index >= 15 is 0 Å². The van der Waals surface area contributed by atoms with E-state index in [0.717, 1.165) is 7.11 Å². The number of hydrogen-bond donors (Lipinski definition) is 2. The van der Waals surface area contributed by atoms with E-state index in [9.17, 15) is 14.4 Å². The standard InChI is InChI=1S/C14H16N4O4/c1-3-6-11(19)17-13(20)18(14(21)22-2)12-15-9-7-4-5-8-10(9)16-12/h4-5,7-8H,3,6H2,1-2H3,(H,15,16)(H,17,19,20). The zero-order valence-electron chi connectivity index (χ0n) is 12.3. The minimum Gasteiger partial charge on any atom is -0.452 e. The van der Waals surface area contributed by atoms with Crippen molar-refractivity contribution in [3.8, 4) is 0 Å². The number of amides is 4. The van der Waals surface area contributed by atoms with E-state index in [1.165, 1.54) is 0 Å². The minimum atomic E-state index is -0.944. The maximum atomic E-state index is 12.1. The van der Waals surface area contributed by atoms with Crippen molar-refractivity contribution in [2.24, 2.45) is 0 Å². The maximum Gasteiger partial charge on any atom is 0.424 e. The van der Waals surface area contributed by atoms with Gasteiger partial charge in [-0.3, -0.25) is 10.1 Å². The van der Waals surface area contributed by atoms with Crippen molar-refractivity contribution in [3.63, 3.8) is 0 Å². The molecule has 0 atom stereocenters. The summed E-state index contributed by atoms with van der Waals surface area (Å²) in [6, 6.07) is 6.13. The number of carbonyl (C=O) groups excluding carboxylic acids is 3. The fourth-order valence-electron chi connectivity index (χ4n) is 1.87. The summed E-state index contributed by atoms with van der Waals surface area (Å²) in [6.07, 6.45) is -0.177. The van der Waals surface area contributed by atoms with Gasteiger partial charge in [0, 0.05) is 6.42 Å². The molecule has 0 aliphatic rings. The highest BCUT2D eigenvalue weighted by molar-refractivity contribution is 6.14. The Morgan fingerprint density at radius 3 is 2.68 bits per heavy atom. The average Bonchev–Trinajstić information content (AvgIpc) is 2.90. The van der Waals surface area contributed by atoms with Crippen LogP contribution in [0.1, 0.15) is 19.8 Å². The van der Waals surface area contributed by atoms with Crippen LogP contribution >= 0.6 is 0 Å². The number of imidazole rings is 1. The molecular formula is C14H16N4O4. The maximum absolute atomic E-state index is 12.1. The number of fused-ring (bicyclic) bond motifs is 1. The quantitative estimate of drug-likeness (QED) is 0.904. The summed E-state index contributed by atoms with van der Waals surface area (Å²) >= 11 is 0. The molecule has 1 aromatic carbocycles. The van der Waals surface area contributed by atoms with Crippen LogP contribution in [-0.2, 0) is 9.53 Å². The number of methoxy groups -OCH3 is 1. The Balaban J connectivity index is 2.31. The van der Waals surface area contributed by atoms with Crippen molar-refractivity contribution in [1.29, 1.82) is 0 Å². The summed E-state index contributed by atoms with van der Waals surface area (Å²) in [4.78, 5) is 43.2.